The number of hydrogen-bond donors (Lipinski definition) is 2. The molecule has 2 N–H and O–H groups in total. The highest BCUT2D eigenvalue weighted by Gasteiger charge is 2.10. The average Bonchev–Trinajstić information content (AvgIpc) is 2.15. The summed E-state index contributed by atoms with van der Waals surface area (Å²) in [5.74, 6) is 0.0913. The first-order chi connectivity index (χ1) is 6.11. The number of carbonyl (C=O) groups excluding carboxylic acids is 1. The first-order valence-corrected chi connectivity index (χ1v) is 4.00. The van der Waals surface area contributed by atoms with E-state index in [2.05, 4.69) is 0 Å². The van der Waals surface area contributed by atoms with Crippen LogP contribution in [0.4, 0.5) is 0 Å². The topological polar surface area (TPSA) is 57.5 Å². The third-order valence-electron chi connectivity index (χ3n) is 2.25. The lowest BCUT2D eigenvalue weighted by atomic mass is 9.99. The normalized spacial score (nSPS) is 10.1. The molecule has 0 bridgehead atoms. The van der Waals surface area contributed by atoms with Crippen molar-refractivity contribution >= 4 is 6.29 Å². The van der Waals surface area contributed by atoms with Crippen LogP contribution < -0.4 is 0 Å². The summed E-state index contributed by atoms with van der Waals surface area (Å²) in [4.78, 5) is 10.6. The van der Waals surface area contributed by atoms with Crippen molar-refractivity contribution in [1.82, 2.24) is 0 Å². The van der Waals surface area contributed by atoms with E-state index in [0.29, 0.717) is 28.5 Å². The zero-order chi connectivity index (χ0) is 10.0. The molecule has 0 saturated heterocycles. The molecule has 1 rings (SSSR count). The van der Waals surface area contributed by atoms with Gasteiger partial charge in [-0.15, -0.1) is 0 Å². The van der Waals surface area contributed by atoms with Crippen LogP contribution in [-0.2, 0) is 6.61 Å². The Morgan fingerprint density at radius 2 is 2.00 bits per heavy atom. The fraction of sp³-hybridized carbons (Fsp3) is 0.300. The minimum Gasteiger partial charge on any atom is -0.507 e. The highest BCUT2D eigenvalue weighted by molar-refractivity contribution is 5.79. The van der Waals surface area contributed by atoms with Crippen LogP contribution in [0.25, 0.3) is 0 Å². The number of phenolic OH excluding ortho intramolecular Hbond substituents is 1. The Labute approximate surface area is 76.6 Å². The zero-order valence-electron chi connectivity index (χ0n) is 7.66. The van der Waals surface area contributed by atoms with Gasteiger partial charge in [-0.2, -0.15) is 0 Å². The highest BCUT2D eigenvalue weighted by Crippen LogP contribution is 2.27. The number of aliphatic hydroxyl groups excluding tert-OH is 1. The molecule has 0 radical (unpaired) electrons. The predicted molar refractivity (Wildman–Crippen MR) is 48.9 cm³/mol. The van der Waals surface area contributed by atoms with E-state index in [1.54, 1.807) is 19.9 Å². The average molecular weight is 180 g/mol. The van der Waals surface area contributed by atoms with Crippen LogP contribution in [0, 0.1) is 13.8 Å². The molecule has 0 aromatic heterocycles. The van der Waals surface area contributed by atoms with Crippen molar-refractivity contribution in [1.29, 1.82) is 0 Å². The van der Waals surface area contributed by atoms with Crippen molar-refractivity contribution in [2.45, 2.75) is 20.5 Å². The number of phenols is 1. The molecular formula is C10H12O3. The minimum atomic E-state index is -0.166. The molecule has 0 unspecified atom stereocenters. The summed E-state index contributed by atoms with van der Waals surface area (Å²) in [7, 11) is 0. The molecule has 0 spiro atoms. The van der Waals surface area contributed by atoms with Crippen molar-refractivity contribution in [3.63, 3.8) is 0 Å². The lowest BCUT2D eigenvalue weighted by Gasteiger charge is -2.09. The van der Waals surface area contributed by atoms with Crippen LogP contribution >= 0.6 is 0 Å². The third-order valence-corrected chi connectivity index (χ3v) is 2.25. The van der Waals surface area contributed by atoms with Crippen LogP contribution in [0.1, 0.15) is 27.0 Å². The molecule has 0 fully saturated rings. The lowest BCUT2D eigenvalue weighted by molar-refractivity contribution is 0.112. The number of benzene rings is 1. The minimum absolute atomic E-state index is 0.0913. The molecule has 0 heterocycles. The smallest absolute Gasteiger partial charge is 0.150 e. The Kier molecular flexibility index (Phi) is 2.68. The Morgan fingerprint density at radius 3 is 2.46 bits per heavy atom. The molecule has 1 aromatic carbocycles. The number of hydrogen-bond acceptors (Lipinski definition) is 3. The standard InChI is InChI=1S/C10H12O3/c1-6-8(4-11)3-9(5-12)7(2)10(6)13/h3-4,12-13H,5H2,1-2H3. The van der Waals surface area contributed by atoms with Crippen molar-refractivity contribution in [2.75, 3.05) is 0 Å². The van der Waals surface area contributed by atoms with Crippen LogP contribution in [0.5, 0.6) is 5.75 Å². The van der Waals surface area contributed by atoms with E-state index in [1.165, 1.54) is 0 Å². The van der Waals surface area contributed by atoms with Gasteiger partial charge in [0.05, 0.1) is 6.61 Å². The molecule has 1 aromatic rings. The second-order valence-electron chi connectivity index (χ2n) is 3.00. The van der Waals surface area contributed by atoms with Crippen molar-refractivity contribution in [3.8, 4) is 5.75 Å². The van der Waals surface area contributed by atoms with E-state index in [0.717, 1.165) is 0 Å². The van der Waals surface area contributed by atoms with Crippen molar-refractivity contribution in [2.24, 2.45) is 0 Å². The summed E-state index contributed by atoms with van der Waals surface area (Å²) in [5, 5.41) is 18.5. The van der Waals surface area contributed by atoms with Crippen molar-refractivity contribution in [3.05, 3.63) is 28.3 Å². The third kappa shape index (κ3) is 1.55. The Morgan fingerprint density at radius 1 is 1.38 bits per heavy atom. The van der Waals surface area contributed by atoms with Gasteiger partial charge in [0.25, 0.3) is 0 Å². The maximum Gasteiger partial charge on any atom is 0.150 e. The summed E-state index contributed by atoms with van der Waals surface area (Å²) in [5.41, 5.74) is 2.20. The molecule has 0 aliphatic heterocycles. The molecule has 0 atom stereocenters. The largest absolute Gasteiger partial charge is 0.507 e. The van der Waals surface area contributed by atoms with Gasteiger partial charge in [0.1, 0.15) is 12.0 Å². The fourth-order valence-electron chi connectivity index (χ4n) is 1.26. The van der Waals surface area contributed by atoms with Crippen LogP contribution in [0.3, 0.4) is 0 Å². The van der Waals surface area contributed by atoms with E-state index in [-0.39, 0.29) is 12.4 Å². The van der Waals surface area contributed by atoms with Crippen LogP contribution in [0.2, 0.25) is 0 Å². The van der Waals surface area contributed by atoms with E-state index in [4.69, 9.17) is 5.11 Å². The quantitative estimate of drug-likeness (QED) is 0.675. The number of carbonyl (C=O) groups is 1. The number of aliphatic hydroxyl groups is 1. The van der Waals surface area contributed by atoms with E-state index in [1.807, 2.05) is 0 Å². The van der Waals surface area contributed by atoms with Gasteiger partial charge < -0.3 is 10.2 Å². The fourth-order valence-corrected chi connectivity index (χ4v) is 1.26. The molecule has 0 amide bonds. The van der Waals surface area contributed by atoms with Gasteiger partial charge in [0.15, 0.2) is 0 Å². The molecule has 13 heavy (non-hydrogen) atoms. The van der Waals surface area contributed by atoms with Gasteiger partial charge in [-0.3, -0.25) is 4.79 Å². The van der Waals surface area contributed by atoms with Gasteiger partial charge in [0.2, 0.25) is 0 Å². The molecule has 0 saturated carbocycles. The van der Waals surface area contributed by atoms with E-state index >= 15 is 0 Å². The van der Waals surface area contributed by atoms with Crippen LogP contribution in [0.15, 0.2) is 6.07 Å². The van der Waals surface area contributed by atoms with Gasteiger partial charge in [-0.25, -0.2) is 0 Å². The summed E-state index contributed by atoms with van der Waals surface area (Å²) in [6.07, 6.45) is 0.674. The van der Waals surface area contributed by atoms with E-state index < -0.39 is 0 Å². The molecular weight excluding hydrogens is 168 g/mol. The van der Waals surface area contributed by atoms with Gasteiger partial charge in [-0.1, -0.05) is 0 Å². The Bertz CT molecular complexity index is 343. The van der Waals surface area contributed by atoms with Crippen molar-refractivity contribution < 1.29 is 15.0 Å². The van der Waals surface area contributed by atoms with Gasteiger partial charge >= 0.3 is 0 Å². The summed E-state index contributed by atoms with van der Waals surface area (Å²) in [6, 6.07) is 1.59. The second kappa shape index (κ2) is 3.58. The first-order valence-electron chi connectivity index (χ1n) is 4.00. The number of aldehydes is 1. The van der Waals surface area contributed by atoms with Gasteiger partial charge in [0, 0.05) is 11.1 Å². The molecule has 0 aliphatic carbocycles. The van der Waals surface area contributed by atoms with Gasteiger partial charge in [-0.05, 0) is 31.0 Å². The SMILES string of the molecule is Cc1c(C=O)cc(CO)c(C)c1O. The number of rotatable bonds is 2. The Hall–Kier alpha value is -1.35. The summed E-state index contributed by atoms with van der Waals surface area (Å²) >= 11 is 0. The van der Waals surface area contributed by atoms with Crippen LogP contribution in [-0.4, -0.2) is 16.5 Å². The first kappa shape index (κ1) is 9.74. The maximum absolute atomic E-state index is 10.6. The zero-order valence-corrected chi connectivity index (χ0v) is 7.66. The lowest BCUT2D eigenvalue weighted by Crippen LogP contribution is -1.96. The molecule has 3 heteroatoms. The summed E-state index contributed by atoms with van der Waals surface area (Å²) in [6.45, 7) is 3.22. The van der Waals surface area contributed by atoms with E-state index in [9.17, 15) is 9.90 Å². The molecule has 0 aliphatic rings. The second-order valence-corrected chi connectivity index (χ2v) is 3.00. The maximum atomic E-state index is 10.6. The molecule has 70 valence electrons. The monoisotopic (exact) mass is 180 g/mol. The Balaban J connectivity index is 3.45. The molecule has 3 nitrogen and oxygen atoms in total. The number of aromatic hydroxyl groups is 1. The summed E-state index contributed by atoms with van der Waals surface area (Å²) < 4.78 is 0. The highest BCUT2D eigenvalue weighted by atomic mass is 16.3. The predicted octanol–water partition coefficient (Wildman–Crippen LogP) is 1.31.